The van der Waals surface area contributed by atoms with Crippen LogP contribution in [0, 0.1) is 0 Å². The fraction of sp³-hybridized carbons (Fsp3) is 0. The quantitative estimate of drug-likeness (QED) is 0.119. The SMILES string of the molecule is c1ccc(N(c2ccc(-c3ccc4c(N5c6cc(N(c7ccccc7)c7ccccc7)ccc6B6c7ccccc7N(c7ccccc7)c7cccc5c76)cccc4c3)cc2)c2ccc3c(c2)N(c2ccc4ccccc4c2)c2cccc4c2B3c2ccccc2N4c2ccccc2)cc1. The van der Waals surface area contributed by atoms with Crippen molar-refractivity contribution in [1.82, 2.24) is 0 Å². The van der Waals surface area contributed by atoms with E-state index in [0.29, 0.717) is 0 Å². The number of nitrogens with zero attached hydrogens (tertiary/aromatic N) is 6. The lowest BCUT2D eigenvalue weighted by Crippen LogP contribution is -2.61. The van der Waals surface area contributed by atoms with E-state index in [1.54, 1.807) is 0 Å². The van der Waals surface area contributed by atoms with Gasteiger partial charge in [0.1, 0.15) is 0 Å². The van der Waals surface area contributed by atoms with Gasteiger partial charge in [-0.05, 0) is 218 Å². The minimum Gasteiger partial charge on any atom is -0.311 e. The Bertz CT molecular complexity index is 5820. The topological polar surface area (TPSA) is 19.4 Å². The first-order valence-electron chi connectivity index (χ1n) is 34.5. The fourth-order valence-electron chi connectivity index (χ4n) is 16.7. The second kappa shape index (κ2) is 23.4. The van der Waals surface area contributed by atoms with Crippen LogP contribution in [0.15, 0.2) is 376 Å². The van der Waals surface area contributed by atoms with Crippen LogP contribution in [0.1, 0.15) is 0 Å². The summed E-state index contributed by atoms with van der Waals surface area (Å²) in [6.45, 7) is -0.0302. The first-order chi connectivity index (χ1) is 49.6. The molecule has 0 N–H and O–H groups in total. The molecule has 16 aromatic rings. The largest absolute Gasteiger partial charge is 0.311 e. The molecular weight excluding hydrogens is 1210 g/mol. The second-order valence-electron chi connectivity index (χ2n) is 26.4. The molecule has 0 saturated carbocycles. The van der Waals surface area contributed by atoms with Crippen LogP contribution in [0.2, 0.25) is 0 Å². The monoisotopic (exact) mass is 1270 g/mol. The number of rotatable bonds is 11. The van der Waals surface area contributed by atoms with Crippen LogP contribution < -0.4 is 62.2 Å². The molecular formula is C92H62B2N6. The van der Waals surface area contributed by atoms with Crippen molar-refractivity contribution in [3.8, 4) is 11.1 Å². The molecule has 0 atom stereocenters. The highest BCUT2D eigenvalue weighted by atomic mass is 15.2. The molecule has 8 heteroatoms. The molecule has 0 amide bonds. The Labute approximate surface area is 583 Å². The van der Waals surface area contributed by atoms with Crippen molar-refractivity contribution in [2.75, 3.05) is 29.4 Å². The number of para-hydroxylation sites is 7. The molecule has 4 heterocycles. The van der Waals surface area contributed by atoms with Gasteiger partial charge in [-0.15, -0.1) is 0 Å². The summed E-state index contributed by atoms with van der Waals surface area (Å²) in [5.41, 5.74) is 30.4. The molecule has 0 spiro atoms. The molecule has 0 radical (unpaired) electrons. The molecule has 0 saturated heterocycles. The van der Waals surface area contributed by atoms with E-state index >= 15 is 0 Å². The molecule has 4 aliphatic rings. The van der Waals surface area contributed by atoms with Crippen molar-refractivity contribution in [2.45, 2.75) is 0 Å². The van der Waals surface area contributed by atoms with Gasteiger partial charge in [0, 0.05) is 102 Å². The van der Waals surface area contributed by atoms with E-state index in [-0.39, 0.29) is 13.4 Å². The summed E-state index contributed by atoms with van der Waals surface area (Å²) >= 11 is 0. The van der Waals surface area contributed by atoms with Crippen molar-refractivity contribution >= 4 is 170 Å². The number of hydrogen-bond donors (Lipinski definition) is 0. The summed E-state index contributed by atoms with van der Waals surface area (Å²) in [6, 6.07) is 139. The molecule has 0 fully saturated rings. The lowest BCUT2D eigenvalue weighted by molar-refractivity contribution is 1.24. The van der Waals surface area contributed by atoms with Crippen LogP contribution in [0.25, 0.3) is 32.7 Å². The van der Waals surface area contributed by atoms with Crippen LogP contribution in [0.5, 0.6) is 0 Å². The number of anilines is 18. The van der Waals surface area contributed by atoms with Crippen LogP contribution >= 0.6 is 0 Å². The van der Waals surface area contributed by atoms with Gasteiger partial charge in [0.05, 0.1) is 5.69 Å². The van der Waals surface area contributed by atoms with Gasteiger partial charge in [0.15, 0.2) is 0 Å². The number of hydrogen-bond acceptors (Lipinski definition) is 6. The van der Waals surface area contributed by atoms with Gasteiger partial charge in [-0.2, -0.15) is 0 Å². The zero-order valence-electron chi connectivity index (χ0n) is 54.6. The second-order valence-corrected chi connectivity index (χ2v) is 26.4. The van der Waals surface area contributed by atoms with E-state index in [1.807, 2.05) is 0 Å². The third-order valence-electron chi connectivity index (χ3n) is 20.9. The molecule has 0 aromatic heterocycles. The third kappa shape index (κ3) is 9.14. The van der Waals surface area contributed by atoms with Crippen molar-refractivity contribution in [1.29, 1.82) is 0 Å². The summed E-state index contributed by atoms with van der Waals surface area (Å²) < 4.78 is 0. The Morgan fingerprint density at radius 3 is 1.09 bits per heavy atom. The average molecular weight is 1270 g/mol. The highest BCUT2D eigenvalue weighted by molar-refractivity contribution is 7.01. The maximum absolute atomic E-state index is 2.56. The first kappa shape index (κ1) is 57.2. The van der Waals surface area contributed by atoms with Crippen LogP contribution in [-0.2, 0) is 0 Å². The maximum atomic E-state index is 2.56. The Kier molecular flexibility index (Phi) is 13.4. The minimum atomic E-state index is -0.0210. The number of fused-ring (bicyclic) bond motifs is 10. The van der Waals surface area contributed by atoms with Gasteiger partial charge in [0.25, 0.3) is 13.4 Å². The van der Waals surface area contributed by atoms with E-state index in [9.17, 15) is 0 Å². The Morgan fingerprint density at radius 1 is 0.190 bits per heavy atom. The van der Waals surface area contributed by atoms with Gasteiger partial charge in [-0.3, -0.25) is 0 Å². The molecule has 4 aliphatic heterocycles. The Hall–Kier alpha value is -13.0. The van der Waals surface area contributed by atoms with Crippen LogP contribution in [0.3, 0.4) is 0 Å². The van der Waals surface area contributed by atoms with Crippen molar-refractivity contribution in [2.24, 2.45) is 0 Å². The van der Waals surface area contributed by atoms with Gasteiger partial charge in [0.2, 0.25) is 0 Å². The molecule has 0 aliphatic carbocycles. The normalized spacial score (nSPS) is 12.9. The summed E-state index contributed by atoms with van der Waals surface area (Å²) in [5, 5.41) is 4.74. The minimum absolute atomic E-state index is 0.00926. The average Bonchev–Trinajstić information content (AvgIpc) is 0.705. The lowest BCUT2D eigenvalue weighted by atomic mass is 9.33. The van der Waals surface area contributed by atoms with Crippen molar-refractivity contribution in [3.63, 3.8) is 0 Å². The summed E-state index contributed by atoms with van der Waals surface area (Å²) in [7, 11) is 0. The first-order valence-corrected chi connectivity index (χ1v) is 34.5. The van der Waals surface area contributed by atoms with E-state index < -0.39 is 0 Å². The Morgan fingerprint density at radius 2 is 0.560 bits per heavy atom. The van der Waals surface area contributed by atoms with Crippen molar-refractivity contribution in [3.05, 3.63) is 376 Å². The molecule has 466 valence electrons. The van der Waals surface area contributed by atoms with Crippen LogP contribution in [-0.4, -0.2) is 13.4 Å². The molecule has 6 nitrogen and oxygen atoms in total. The Balaban J connectivity index is 0.709. The third-order valence-corrected chi connectivity index (χ3v) is 20.9. The van der Waals surface area contributed by atoms with Gasteiger partial charge >= 0.3 is 0 Å². The fourth-order valence-corrected chi connectivity index (χ4v) is 16.7. The predicted molar refractivity (Wildman–Crippen MR) is 424 cm³/mol. The van der Waals surface area contributed by atoms with E-state index in [4.69, 9.17) is 0 Å². The van der Waals surface area contributed by atoms with Gasteiger partial charge in [-0.25, -0.2) is 0 Å². The molecule has 0 unspecified atom stereocenters. The van der Waals surface area contributed by atoms with Crippen LogP contribution in [0.4, 0.5) is 102 Å². The summed E-state index contributed by atoms with van der Waals surface area (Å²) in [5.74, 6) is 0. The highest BCUT2D eigenvalue weighted by Gasteiger charge is 2.45. The van der Waals surface area contributed by atoms with Gasteiger partial charge < -0.3 is 29.4 Å². The number of benzene rings is 16. The lowest BCUT2D eigenvalue weighted by Gasteiger charge is -2.44. The standard InChI is InChI=1S/C92H62B2N6/c1-6-28-68(29-7-1)95(69-30-8-2-9-31-69)76-55-58-81-90(62-76)100(88-46-24-44-86-92(88)94(81)79-39-19-21-41-84(79)98(86)72-36-14-5-15-37-72)82-42-22-27-67-59-66(50-56-77(67)82)64-47-51-73(52-48-64)96(70-32-10-3-11-33-70)75-54-57-80-89(61-75)99(74-53-49-63-25-16-17-26-65(63)60-74)87-45-23-43-85-91(87)93(80)78-38-18-20-40-83(78)97(85)71-34-12-4-13-35-71/h1-62H. The van der Waals surface area contributed by atoms with Gasteiger partial charge in [-0.1, -0.05) is 218 Å². The summed E-state index contributed by atoms with van der Waals surface area (Å²) in [6.07, 6.45) is 0. The maximum Gasteiger partial charge on any atom is 0.252 e. The molecule has 20 rings (SSSR count). The van der Waals surface area contributed by atoms with E-state index in [1.165, 1.54) is 77.4 Å². The zero-order chi connectivity index (χ0) is 65.8. The molecule has 100 heavy (non-hydrogen) atoms. The highest BCUT2D eigenvalue weighted by Crippen LogP contribution is 2.50. The van der Waals surface area contributed by atoms with E-state index in [2.05, 4.69) is 406 Å². The predicted octanol–water partition coefficient (Wildman–Crippen LogP) is 20.8. The molecule has 16 aromatic carbocycles. The zero-order valence-corrected chi connectivity index (χ0v) is 54.6. The van der Waals surface area contributed by atoms with Crippen molar-refractivity contribution < 1.29 is 0 Å². The van der Waals surface area contributed by atoms with E-state index in [0.717, 1.165) is 90.4 Å². The summed E-state index contributed by atoms with van der Waals surface area (Å²) in [4.78, 5) is 14.8. The molecule has 0 bridgehead atoms. The smallest absolute Gasteiger partial charge is 0.252 e.